The minimum Gasteiger partial charge on any atom is -0.496 e. The molecule has 2 aliphatic heterocycles. The minimum atomic E-state index is -0.314. The number of hydrogen-bond acceptors (Lipinski definition) is 9. The molecule has 0 spiro atoms. The standard InChI is InChI=1S/C33H36N4O7/c1-20-28(42-2)9-10-29(44-14-13-43-12-11-38)30(20)31(39)21-3-5-22(6-4-21)32(40)36-26-18-35-19-27(26)37-33(41)23-7-8-24-16-34-17-25(24)15-23/h3-10,15-16,26-27,35,38H,11-14,17-19H2,1-2H3,(H,36,40)(H,37,41)/t26-,27+/m1/s1. The molecule has 2 heterocycles. The van der Waals surface area contributed by atoms with Gasteiger partial charge < -0.3 is 35.3 Å². The Labute approximate surface area is 255 Å². The van der Waals surface area contributed by atoms with Gasteiger partial charge >= 0.3 is 0 Å². The van der Waals surface area contributed by atoms with E-state index in [0.717, 1.165) is 11.1 Å². The monoisotopic (exact) mass is 600 g/mol. The van der Waals surface area contributed by atoms with Gasteiger partial charge in [0.2, 0.25) is 0 Å². The second-order valence-electron chi connectivity index (χ2n) is 10.6. The first kappa shape index (κ1) is 30.9. The van der Waals surface area contributed by atoms with Gasteiger partial charge in [-0.2, -0.15) is 0 Å². The summed E-state index contributed by atoms with van der Waals surface area (Å²) in [6, 6.07) is 14.7. The summed E-state index contributed by atoms with van der Waals surface area (Å²) in [6.45, 7) is 3.96. The summed E-state index contributed by atoms with van der Waals surface area (Å²) in [5.74, 6) is 0.143. The fraction of sp³-hybridized carbons (Fsp3) is 0.333. The molecule has 1 fully saturated rings. The number of methoxy groups -OCH3 is 1. The lowest BCUT2D eigenvalue weighted by Gasteiger charge is -2.21. The Kier molecular flexibility index (Phi) is 10.0. The Morgan fingerprint density at radius 3 is 2.25 bits per heavy atom. The Hall–Kier alpha value is -4.58. The summed E-state index contributed by atoms with van der Waals surface area (Å²) in [4.78, 5) is 44.0. The number of benzene rings is 3. The molecule has 3 aromatic carbocycles. The second kappa shape index (κ2) is 14.3. The van der Waals surface area contributed by atoms with Crippen molar-refractivity contribution in [3.8, 4) is 11.5 Å². The molecule has 0 aliphatic carbocycles. The molecule has 44 heavy (non-hydrogen) atoms. The number of nitrogens with one attached hydrogen (secondary N) is 3. The van der Waals surface area contributed by atoms with Crippen LogP contribution in [0.5, 0.6) is 11.5 Å². The number of ketones is 1. The SMILES string of the molecule is COc1ccc(OCCOCCO)c(C(=O)c2ccc(C(=O)N[C@@H]3CNC[C@@H]3NC(=O)c3ccc4c(c3)CN=C4)cc2)c1C. The third-order valence-corrected chi connectivity index (χ3v) is 7.70. The molecule has 5 rings (SSSR count). The topological polar surface area (TPSA) is 148 Å². The Morgan fingerprint density at radius 2 is 1.55 bits per heavy atom. The van der Waals surface area contributed by atoms with Gasteiger partial charge in [-0.1, -0.05) is 18.2 Å². The molecule has 0 unspecified atom stereocenters. The van der Waals surface area contributed by atoms with Gasteiger partial charge in [-0.3, -0.25) is 19.4 Å². The third kappa shape index (κ3) is 6.96. The number of carbonyl (C=O) groups is 3. The number of nitrogens with zero attached hydrogens (tertiary/aromatic N) is 1. The molecule has 230 valence electrons. The number of carbonyl (C=O) groups excluding carboxylic acids is 3. The van der Waals surface area contributed by atoms with E-state index < -0.39 is 0 Å². The van der Waals surface area contributed by atoms with E-state index in [4.69, 9.17) is 19.3 Å². The Morgan fingerprint density at radius 1 is 0.886 bits per heavy atom. The molecule has 0 bridgehead atoms. The van der Waals surface area contributed by atoms with Crippen molar-refractivity contribution in [3.63, 3.8) is 0 Å². The number of aliphatic imine (C=N–C) groups is 1. The van der Waals surface area contributed by atoms with Crippen molar-refractivity contribution in [1.29, 1.82) is 0 Å². The highest BCUT2D eigenvalue weighted by Gasteiger charge is 2.30. The summed E-state index contributed by atoms with van der Waals surface area (Å²) >= 11 is 0. The number of aliphatic hydroxyl groups excluding tert-OH is 1. The van der Waals surface area contributed by atoms with Crippen molar-refractivity contribution in [2.45, 2.75) is 25.6 Å². The summed E-state index contributed by atoms with van der Waals surface area (Å²) in [5, 5.41) is 18.2. The highest BCUT2D eigenvalue weighted by atomic mass is 16.5. The summed E-state index contributed by atoms with van der Waals surface area (Å²) < 4.78 is 16.5. The number of aliphatic hydroxyl groups is 1. The van der Waals surface area contributed by atoms with Crippen LogP contribution in [0.25, 0.3) is 0 Å². The van der Waals surface area contributed by atoms with Crippen LogP contribution in [0.1, 0.15) is 53.3 Å². The van der Waals surface area contributed by atoms with Crippen molar-refractivity contribution in [2.24, 2.45) is 4.99 Å². The van der Waals surface area contributed by atoms with E-state index in [2.05, 4.69) is 20.9 Å². The quantitative estimate of drug-likeness (QED) is 0.172. The molecule has 2 amide bonds. The van der Waals surface area contributed by atoms with E-state index in [-0.39, 0.29) is 56.1 Å². The Balaban J connectivity index is 1.23. The van der Waals surface area contributed by atoms with E-state index in [1.54, 1.807) is 55.6 Å². The zero-order valence-electron chi connectivity index (χ0n) is 24.7. The molecular formula is C33H36N4O7. The van der Waals surface area contributed by atoms with Crippen LogP contribution >= 0.6 is 0 Å². The maximum atomic E-state index is 13.6. The normalized spacial score (nSPS) is 16.8. The molecule has 0 saturated carbocycles. The predicted molar refractivity (Wildman–Crippen MR) is 164 cm³/mol. The molecule has 1 saturated heterocycles. The van der Waals surface area contributed by atoms with Crippen LogP contribution in [-0.4, -0.2) is 87.6 Å². The van der Waals surface area contributed by atoms with Crippen molar-refractivity contribution in [3.05, 3.63) is 93.5 Å². The number of amides is 2. The molecule has 0 aromatic heterocycles. The van der Waals surface area contributed by atoms with E-state index in [1.165, 1.54) is 7.11 Å². The maximum absolute atomic E-state index is 13.6. The number of fused-ring (bicyclic) bond motifs is 1. The van der Waals surface area contributed by atoms with Gasteiger partial charge in [0.05, 0.1) is 51.1 Å². The van der Waals surface area contributed by atoms with Crippen molar-refractivity contribution >= 4 is 23.8 Å². The van der Waals surface area contributed by atoms with E-state index in [1.807, 2.05) is 12.1 Å². The molecule has 4 N–H and O–H groups in total. The number of ether oxygens (including phenoxy) is 3. The molecule has 11 nitrogen and oxygen atoms in total. The second-order valence-corrected chi connectivity index (χ2v) is 10.6. The van der Waals surface area contributed by atoms with Gasteiger partial charge in [-0.05, 0) is 54.4 Å². The zero-order valence-corrected chi connectivity index (χ0v) is 24.7. The third-order valence-electron chi connectivity index (χ3n) is 7.70. The lowest BCUT2D eigenvalue weighted by atomic mass is 9.96. The lowest BCUT2D eigenvalue weighted by molar-refractivity contribution is 0.0701. The smallest absolute Gasteiger partial charge is 0.251 e. The molecule has 2 atom stereocenters. The first-order valence-electron chi connectivity index (χ1n) is 14.5. The van der Waals surface area contributed by atoms with E-state index in [0.29, 0.717) is 59.0 Å². The Bertz CT molecular complexity index is 1550. The first-order valence-corrected chi connectivity index (χ1v) is 14.5. The zero-order chi connectivity index (χ0) is 31.1. The summed E-state index contributed by atoms with van der Waals surface area (Å²) in [5.41, 5.74) is 4.35. The van der Waals surface area contributed by atoms with Crippen LogP contribution in [-0.2, 0) is 11.3 Å². The van der Waals surface area contributed by atoms with Crippen molar-refractivity contribution in [2.75, 3.05) is 46.6 Å². The predicted octanol–water partition coefficient (Wildman–Crippen LogP) is 2.06. The molecule has 11 heteroatoms. The minimum absolute atomic E-state index is 0.0832. The van der Waals surface area contributed by atoms with Crippen molar-refractivity contribution in [1.82, 2.24) is 16.0 Å². The number of hydrogen-bond donors (Lipinski definition) is 4. The van der Waals surface area contributed by atoms with Gasteiger partial charge in [0, 0.05) is 41.6 Å². The molecule has 3 aromatic rings. The average molecular weight is 601 g/mol. The highest BCUT2D eigenvalue weighted by Crippen LogP contribution is 2.32. The van der Waals surface area contributed by atoms with E-state index >= 15 is 0 Å². The van der Waals surface area contributed by atoms with Crippen LogP contribution in [0.4, 0.5) is 0 Å². The first-order chi connectivity index (χ1) is 21.4. The van der Waals surface area contributed by atoms with Crippen molar-refractivity contribution < 1.29 is 33.7 Å². The highest BCUT2D eigenvalue weighted by molar-refractivity contribution is 6.12. The van der Waals surface area contributed by atoms with Crippen LogP contribution < -0.4 is 25.4 Å². The van der Waals surface area contributed by atoms with Gasteiger partial charge in [0.25, 0.3) is 11.8 Å². The maximum Gasteiger partial charge on any atom is 0.251 e. The van der Waals surface area contributed by atoms with Crippen LogP contribution in [0.3, 0.4) is 0 Å². The number of rotatable bonds is 13. The lowest BCUT2D eigenvalue weighted by Crippen LogP contribution is -2.51. The fourth-order valence-corrected chi connectivity index (χ4v) is 5.32. The van der Waals surface area contributed by atoms with Crippen LogP contribution in [0.2, 0.25) is 0 Å². The van der Waals surface area contributed by atoms with Crippen LogP contribution in [0, 0.1) is 6.92 Å². The average Bonchev–Trinajstić information content (AvgIpc) is 3.69. The van der Waals surface area contributed by atoms with E-state index in [9.17, 15) is 14.4 Å². The van der Waals surface area contributed by atoms with Gasteiger partial charge in [0.1, 0.15) is 18.1 Å². The van der Waals surface area contributed by atoms with Gasteiger partial charge in [0.15, 0.2) is 5.78 Å². The largest absolute Gasteiger partial charge is 0.496 e. The van der Waals surface area contributed by atoms with Gasteiger partial charge in [-0.25, -0.2) is 0 Å². The fourth-order valence-electron chi connectivity index (χ4n) is 5.32. The molecule has 2 aliphatic rings. The molecular weight excluding hydrogens is 564 g/mol. The summed E-state index contributed by atoms with van der Waals surface area (Å²) in [6.07, 6.45) is 1.80. The summed E-state index contributed by atoms with van der Waals surface area (Å²) in [7, 11) is 1.53. The molecule has 0 radical (unpaired) electrons. The van der Waals surface area contributed by atoms with Gasteiger partial charge in [-0.15, -0.1) is 0 Å². The van der Waals surface area contributed by atoms with Crippen LogP contribution in [0.15, 0.2) is 59.6 Å².